The van der Waals surface area contributed by atoms with Crippen LogP contribution in [0.15, 0.2) is 24.3 Å². The van der Waals surface area contributed by atoms with Gasteiger partial charge in [0.1, 0.15) is 0 Å². The van der Waals surface area contributed by atoms with E-state index in [-0.39, 0.29) is 5.75 Å². The monoisotopic (exact) mass is 241 g/mol. The predicted octanol–water partition coefficient (Wildman–Crippen LogP) is 0.584. The Hall–Kier alpha value is -0.910. The van der Waals surface area contributed by atoms with Gasteiger partial charge in [-0.05, 0) is 18.1 Å². The number of hydrogen-bond acceptors (Lipinski definition) is 3. The Kier molecular flexibility index (Phi) is 3.01. The first-order valence-electron chi connectivity index (χ1n) is 5.29. The van der Waals surface area contributed by atoms with E-state index in [0.717, 1.165) is 11.1 Å². The Bertz CT molecular complexity index is 484. The number of fused-ring (bicyclic) bond motifs is 1. The van der Waals surface area contributed by atoms with Crippen LogP contribution in [0, 0.1) is 0 Å². The van der Waals surface area contributed by atoms with Gasteiger partial charge in [0, 0.05) is 6.42 Å². The summed E-state index contributed by atoms with van der Waals surface area (Å²) in [6.45, 7) is 1.58. The van der Waals surface area contributed by atoms with Gasteiger partial charge in [0.15, 0.2) is 0 Å². The van der Waals surface area contributed by atoms with Crippen molar-refractivity contribution >= 4 is 10.0 Å². The van der Waals surface area contributed by atoms with E-state index in [1.165, 1.54) is 0 Å². The minimum atomic E-state index is -3.29. The maximum Gasteiger partial charge on any atom is 0.211 e. The molecule has 1 aromatic carbocycles. The van der Waals surface area contributed by atoms with Gasteiger partial charge in [-0.3, -0.25) is 0 Å². The van der Waals surface area contributed by atoms with Crippen molar-refractivity contribution in [1.82, 2.24) is 4.72 Å². The maximum absolute atomic E-state index is 11.5. The normalized spacial score (nSPS) is 24.4. The molecule has 0 heterocycles. The first-order valence-corrected chi connectivity index (χ1v) is 6.94. The topological polar surface area (TPSA) is 66.4 Å². The van der Waals surface area contributed by atoms with Gasteiger partial charge in [0.05, 0.1) is 17.9 Å². The Morgan fingerprint density at radius 1 is 1.44 bits per heavy atom. The summed E-state index contributed by atoms with van der Waals surface area (Å²) in [4.78, 5) is 0. The Morgan fingerprint density at radius 2 is 2.12 bits per heavy atom. The molecule has 4 nitrogen and oxygen atoms in total. The zero-order valence-electron chi connectivity index (χ0n) is 9.05. The van der Waals surface area contributed by atoms with Crippen molar-refractivity contribution in [3.05, 3.63) is 35.4 Å². The van der Waals surface area contributed by atoms with Crippen LogP contribution in [0.3, 0.4) is 0 Å². The lowest BCUT2D eigenvalue weighted by Crippen LogP contribution is -2.34. The van der Waals surface area contributed by atoms with E-state index in [9.17, 15) is 13.5 Å². The fraction of sp³-hybridized carbons (Fsp3) is 0.455. The number of aliphatic hydroxyl groups excluding tert-OH is 1. The van der Waals surface area contributed by atoms with Gasteiger partial charge >= 0.3 is 0 Å². The number of hydrogen-bond donors (Lipinski definition) is 2. The van der Waals surface area contributed by atoms with Crippen LogP contribution in [-0.4, -0.2) is 25.4 Å². The van der Waals surface area contributed by atoms with Crippen LogP contribution >= 0.6 is 0 Å². The summed E-state index contributed by atoms with van der Waals surface area (Å²) < 4.78 is 25.5. The van der Waals surface area contributed by atoms with Crippen LogP contribution in [0.5, 0.6) is 0 Å². The van der Waals surface area contributed by atoms with Gasteiger partial charge in [-0.25, -0.2) is 13.1 Å². The average molecular weight is 241 g/mol. The van der Waals surface area contributed by atoms with Crippen LogP contribution in [0.4, 0.5) is 0 Å². The summed E-state index contributed by atoms with van der Waals surface area (Å²) >= 11 is 0. The van der Waals surface area contributed by atoms with E-state index in [2.05, 4.69) is 4.72 Å². The van der Waals surface area contributed by atoms with Crippen molar-refractivity contribution in [1.29, 1.82) is 0 Å². The quantitative estimate of drug-likeness (QED) is 0.813. The third-order valence-electron chi connectivity index (χ3n) is 2.89. The Balaban J connectivity index is 2.30. The van der Waals surface area contributed by atoms with E-state index in [1.807, 2.05) is 24.3 Å². The van der Waals surface area contributed by atoms with E-state index in [1.54, 1.807) is 6.92 Å². The molecule has 5 heteroatoms. The third kappa shape index (κ3) is 2.11. The smallest absolute Gasteiger partial charge is 0.211 e. The number of nitrogens with one attached hydrogen (secondary N) is 1. The number of aliphatic hydroxyl groups is 1. The van der Waals surface area contributed by atoms with Crippen molar-refractivity contribution in [3.63, 3.8) is 0 Å². The number of rotatable bonds is 3. The minimum absolute atomic E-state index is 0.0262. The zero-order chi connectivity index (χ0) is 11.8. The molecule has 0 spiro atoms. The molecule has 0 saturated heterocycles. The highest BCUT2D eigenvalue weighted by atomic mass is 32.2. The van der Waals surface area contributed by atoms with E-state index >= 15 is 0 Å². The summed E-state index contributed by atoms with van der Waals surface area (Å²) in [6.07, 6.45) is -0.161. The van der Waals surface area contributed by atoms with Crippen molar-refractivity contribution in [2.45, 2.75) is 25.5 Å². The highest BCUT2D eigenvalue weighted by molar-refractivity contribution is 7.89. The van der Waals surface area contributed by atoms with Gasteiger partial charge in [-0.15, -0.1) is 0 Å². The molecule has 2 N–H and O–H groups in total. The molecule has 1 aliphatic rings. The van der Waals surface area contributed by atoms with Gasteiger partial charge in [0.25, 0.3) is 0 Å². The minimum Gasteiger partial charge on any atom is -0.391 e. The van der Waals surface area contributed by atoms with E-state index in [4.69, 9.17) is 0 Å². The highest BCUT2D eigenvalue weighted by Gasteiger charge is 2.33. The van der Waals surface area contributed by atoms with Gasteiger partial charge in [-0.1, -0.05) is 24.3 Å². The molecular weight excluding hydrogens is 226 g/mol. The second kappa shape index (κ2) is 4.16. The van der Waals surface area contributed by atoms with Gasteiger partial charge < -0.3 is 5.11 Å². The lowest BCUT2D eigenvalue weighted by atomic mass is 10.1. The van der Waals surface area contributed by atoms with Crippen LogP contribution in [-0.2, 0) is 16.4 Å². The van der Waals surface area contributed by atoms with Crippen molar-refractivity contribution in [3.8, 4) is 0 Å². The summed E-state index contributed by atoms with van der Waals surface area (Å²) in [5.41, 5.74) is 1.89. The van der Waals surface area contributed by atoms with E-state index < -0.39 is 22.2 Å². The fourth-order valence-corrected chi connectivity index (χ4v) is 2.83. The van der Waals surface area contributed by atoms with Crippen molar-refractivity contribution < 1.29 is 13.5 Å². The molecule has 2 atom stereocenters. The molecule has 2 unspecified atom stereocenters. The molecule has 0 amide bonds. The molecule has 2 rings (SSSR count). The molecular formula is C11H15NO3S. The van der Waals surface area contributed by atoms with Gasteiger partial charge in [0.2, 0.25) is 10.0 Å². The summed E-state index contributed by atoms with van der Waals surface area (Å²) in [7, 11) is -3.29. The molecule has 0 radical (unpaired) electrons. The zero-order valence-corrected chi connectivity index (χ0v) is 9.87. The van der Waals surface area contributed by atoms with Crippen molar-refractivity contribution in [2.24, 2.45) is 0 Å². The molecule has 0 saturated carbocycles. The van der Waals surface area contributed by atoms with Crippen molar-refractivity contribution in [2.75, 3.05) is 5.75 Å². The second-order valence-electron chi connectivity index (χ2n) is 3.97. The first-order chi connectivity index (χ1) is 7.53. The molecule has 0 aromatic heterocycles. The SMILES string of the molecule is CCS(=O)(=O)NC1c2ccccc2CC1O. The largest absolute Gasteiger partial charge is 0.391 e. The average Bonchev–Trinajstić information content (AvgIpc) is 2.56. The molecule has 0 aliphatic heterocycles. The molecule has 0 fully saturated rings. The molecule has 1 aromatic rings. The lowest BCUT2D eigenvalue weighted by Gasteiger charge is -2.17. The standard InChI is InChI=1S/C11H15NO3S/c1-2-16(14,15)12-11-9-6-4-3-5-8(9)7-10(11)13/h3-6,10-13H,2,7H2,1H3. The van der Waals surface area contributed by atoms with Crippen LogP contribution in [0.25, 0.3) is 0 Å². The van der Waals surface area contributed by atoms with Gasteiger partial charge in [-0.2, -0.15) is 0 Å². The van der Waals surface area contributed by atoms with Crippen LogP contribution < -0.4 is 4.72 Å². The molecule has 1 aliphatic carbocycles. The van der Waals surface area contributed by atoms with E-state index in [0.29, 0.717) is 6.42 Å². The predicted molar refractivity (Wildman–Crippen MR) is 61.5 cm³/mol. The lowest BCUT2D eigenvalue weighted by molar-refractivity contribution is 0.151. The second-order valence-corrected chi connectivity index (χ2v) is 6.01. The molecule has 88 valence electrons. The summed E-state index contributed by atoms with van der Waals surface area (Å²) in [5.74, 6) is 0.0262. The fourth-order valence-electron chi connectivity index (χ4n) is 1.99. The number of sulfonamides is 1. The maximum atomic E-state index is 11.5. The summed E-state index contributed by atoms with van der Waals surface area (Å²) in [5, 5.41) is 9.84. The third-order valence-corrected chi connectivity index (χ3v) is 4.26. The first kappa shape index (κ1) is 11.6. The van der Waals surface area contributed by atoms with Crippen LogP contribution in [0.2, 0.25) is 0 Å². The Labute approximate surface area is 95.4 Å². The summed E-state index contributed by atoms with van der Waals surface area (Å²) in [6, 6.07) is 7.01. The molecule has 0 bridgehead atoms. The Morgan fingerprint density at radius 3 is 2.81 bits per heavy atom. The van der Waals surface area contributed by atoms with Crippen LogP contribution in [0.1, 0.15) is 24.1 Å². The number of benzene rings is 1. The molecule has 16 heavy (non-hydrogen) atoms. The highest BCUT2D eigenvalue weighted by Crippen LogP contribution is 2.31.